The van der Waals surface area contributed by atoms with E-state index in [-0.39, 0.29) is 17.4 Å². The first-order valence-corrected chi connectivity index (χ1v) is 10.1. The van der Waals surface area contributed by atoms with Gasteiger partial charge in [-0.1, -0.05) is 19.9 Å². The summed E-state index contributed by atoms with van der Waals surface area (Å²) in [4.78, 5) is 41.2. The zero-order valence-corrected chi connectivity index (χ0v) is 18.4. The van der Waals surface area contributed by atoms with Crippen molar-refractivity contribution in [1.82, 2.24) is 20.4 Å². The van der Waals surface area contributed by atoms with Crippen molar-refractivity contribution in [2.45, 2.75) is 34.1 Å². The van der Waals surface area contributed by atoms with Crippen LogP contribution >= 0.6 is 0 Å². The minimum atomic E-state index is -0.571. The van der Waals surface area contributed by atoms with E-state index in [0.29, 0.717) is 23.2 Å². The molecule has 0 bridgehead atoms. The molecule has 8 heteroatoms. The Balaban J connectivity index is 1.87. The number of carbonyl (C=O) groups is 2. The van der Waals surface area contributed by atoms with Gasteiger partial charge in [0.2, 0.25) is 5.91 Å². The molecule has 0 aliphatic carbocycles. The molecule has 0 radical (unpaired) electrons. The second-order valence-electron chi connectivity index (χ2n) is 8.06. The largest absolute Gasteiger partial charge is 0.337 e. The SMILES string of the molecule is Cc1cc2c(cn1)cc(-c1cc(NC(=O)NNC(=O)CC(C)C)ccc1C)c(=O)n2C. The summed E-state index contributed by atoms with van der Waals surface area (Å²) in [5.74, 6) is -0.0774. The number of pyridine rings is 2. The standard InChI is InChI=1S/C23H27N5O3/c1-13(2)8-21(29)26-27-23(31)25-17-7-6-14(3)18(11-17)19-10-16-12-24-15(4)9-20(16)28(5)22(19)30/h6-7,9-13H,8H2,1-5H3,(H,26,29)(H2,25,27,31). The molecule has 0 fully saturated rings. The van der Waals surface area contributed by atoms with Gasteiger partial charge in [0.15, 0.2) is 0 Å². The third-order valence-corrected chi connectivity index (χ3v) is 4.94. The van der Waals surface area contributed by atoms with Gasteiger partial charge in [-0.2, -0.15) is 0 Å². The molecule has 1 aromatic carbocycles. The van der Waals surface area contributed by atoms with Gasteiger partial charge in [0.1, 0.15) is 0 Å². The number of carbonyl (C=O) groups excluding carboxylic acids is 2. The number of aromatic nitrogens is 2. The van der Waals surface area contributed by atoms with Crippen LogP contribution in [0, 0.1) is 19.8 Å². The molecule has 0 atom stereocenters. The van der Waals surface area contributed by atoms with Crippen LogP contribution in [-0.2, 0) is 11.8 Å². The van der Waals surface area contributed by atoms with E-state index in [1.54, 1.807) is 29.9 Å². The summed E-state index contributed by atoms with van der Waals surface area (Å²) >= 11 is 0. The van der Waals surface area contributed by atoms with E-state index in [9.17, 15) is 14.4 Å². The summed E-state index contributed by atoms with van der Waals surface area (Å²) in [6, 6.07) is 8.45. The van der Waals surface area contributed by atoms with Crippen LogP contribution in [-0.4, -0.2) is 21.5 Å². The zero-order valence-electron chi connectivity index (χ0n) is 18.4. The molecule has 3 aromatic rings. The van der Waals surface area contributed by atoms with Crippen LogP contribution in [0.5, 0.6) is 0 Å². The lowest BCUT2D eigenvalue weighted by Gasteiger charge is -2.14. The zero-order chi connectivity index (χ0) is 22.7. The molecule has 3 N–H and O–H groups in total. The molecule has 0 aliphatic heterocycles. The highest BCUT2D eigenvalue weighted by atomic mass is 16.2. The van der Waals surface area contributed by atoms with E-state index < -0.39 is 6.03 Å². The minimum absolute atomic E-state index is 0.135. The smallest absolute Gasteiger partial charge is 0.311 e. The Morgan fingerprint density at radius 2 is 1.81 bits per heavy atom. The van der Waals surface area contributed by atoms with Gasteiger partial charge in [0, 0.05) is 42.0 Å². The molecule has 0 saturated heterocycles. The lowest BCUT2D eigenvalue weighted by molar-refractivity contribution is -0.122. The van der Waals surface area contributed by atoms with Crippen molar-refractivity contribution in [3.05, 3.63) is 58.1 Å². The average molecular weight is 422 g/mol. The van der Waals surface area contributed by atoms with E-state index in [0.717, 1.165) is 22.2 Å². The predicted octanol–water partition coefficient (Wildman–Crippen LogP) is 3.42. The molecule has 3 rings (SSSR count). The van der Waals surface area contributed by atoms with Crippen molar-refractivity contribution in [3.8, 4) is 11.1 Å². The first kappa shape index (κ1) is 22.0. The monoisotopic (exact) mass is 421 g/mol. The summed E-state index contributed by atoms with van der Waals surface area (Å²) in [5, 5.41) is 3.53. The molecular weight excluding hydrogens is 394 g/mol. The first-order valence-electron chi connectivity index (χ1n) is 10.1. The Morgan fingerprint density at radius 1 is 1.06 bits per heavy atom. The average Bonchev–Trinajstić information content (AvgIpc) is 2.70. The third-order valence-electron chi connectivity index (χ3n) is 4.94. The molecule has 0 unspecified atom stereocenters. The highest BCUT2D eigenvalue weighted by molar-refractivity contribution is 5.92. The number of nitrogens with one attached hydrogen (secondary N) is 3. The van der Waals surface area contributed by atoms with Gasteiger partial charge < -0.3 is 9.88 Å². The third kappa shape index (κ3) is 5.09. The van der Waals surface area contributed by atoms with Crippen LogP contribution in [0.1, 0.15) is 31.5 Å². The van der Waals surface area contributed by atoms with E-state index >= 15 is 0 Å². The molecule has 0 aliphatic rings. The van der Waals surface area contributed by atoms with Gasteiger partial charge in [0.05, 0.1) is 5.52 Å². The van der Waals surface area contributed by atoms with Gasteiger partial charge in [-0.25, -0.2) is 10.2 Å². The molecule has 0 spiro atoms. The molecule has 2 heterocycles. The number of nitrogens with zero attached hydrogens (tertiary/aromatic N) is 2. The number of aryl methyl sites for hydroxylation is 3. The van der Waals surface area contributed by atoms with Gasteiger partial charge in [-0.05, 0) is 55.2 Å². The highest BCUT2D eigenvalue weighted by Gasteiger charge is 2.13. The molecule has 8 nitrogen and oxygen atoms in total. The van der Waals surface area contributed by atoms with Crippen LogP contribution in [0.15, 0.2) is 41.3 Å². The second-order valence-corrected chi connectivity index (χ2v) is 8.06. The van der Waals surface area contributed by atoms with Crippen molar-refractivity contribution in [2.75, 3.05) is 5.32 Å². The molecule has 0 saturated carbocycles. The van der Waals surface area contributed by atoms with Crippen LogP contribution in [0.25, 0.3) is 22.0 Å². The summed E-state index contributed by atoms with van der Waals surface area (Å²) in [6.07, 6.45) is 2.06. The summed E-state index contributed by atoms with van der Waals surface area (Å²) in [6.45, 7) is 7.62. The maximum absolute atomic E-state index is 13.0. The van der Waals surface area contributed by atoms with Gasteiger partial charge in [-0.15, -0.1) is 0 Å². The van der Waals surface area contributed by atoms with Crippen molar-refractivity contribution < 1.29 is 9.59 Å². The van der Waals surface area contributed by atoms with Gasteiger partial charge >= 0.3 is 6.03 Å². The second kappa shape index (κ2) is 8.99. The van der Waals surface area contributed by atoms with E-state index in [1.165, 1.54) is 0 Å². The number of anilines is 1. The molecular formula is C23H27N5O3. The first-order chi connectivity index (χ1) is 14.7. The van der Waals surface area contributed by atoms with Gasteiger partial charge in [0.25, 0.3) is 5.56 Å². The molecule has 2 aromatic heterocycles. The number of hydrogen-bond acceptors (Lipinski definition) is 4. The Labute approximate surface area is 180 Å². The van der Waals surface area contributed by atoms with Crippen molar-refractivity contribution in [2.24, 2.45) is 13.0 Å². The normalized spacial score (nSPS) is 10.9. The lowest BCUT2D eigenvalue weighted by Crippen LogP contribution is -2.44. The van der Waals surface area contributed by atoms with Crippen LogP contribution < -0.4 is 21.7 Å². The maximum atomic E-state index is 13.0. The van der Waals surface area contributed by atoms with Crippen molar-refractivity contribution in [1.29, 1.82) is 0 Å². The van der Waals surface area contributed by atoms with Crippen molar-refractivity contribution in [3.63, 3.8) is 0 Å². The number of amides is 3. The number of hydrazine groups is 1. The van der Waals surface area contributed by atoms with Gasteiger partial charge in [-0.3, -0.25) is 20.0 Å². The number of fused-ring (bicyclic) bond motifs is 1. The quantitative estimate of drug-likeness (QED) is 0.561. The predicted molar refractivity (Wildman–Crippen MR) is 122 cm³/mol. The van der Waals surface area contributed by atoms with E-state index in [4.69, 9.17) is 0 Å². The van der Waals surface area contributed by atoms with Crippen LogP contribution in [0.4, 0.5) is 10.5 Å². The fourth-order valence-corrected chi connectivity index (χ4v) is 3.36. The summed E-state index contributed by atoms with van der Waals surface area (Å²) < 4.78 is 1.61. The Kier molecular flexibility index (Phi) is 6.39. The minimum Gasteiger partial charge on any atom is -0.311 e. The molecule has 162 valence electrons. The fourth-order valence-electron chi connectivity index (χ4n) is 3.36. The number of urea groups is 1. The Bertz CT molecular complexity index is 1210. The number of hydrogen-bond donors (Lipinski definition) is 3. The fraction of sp³-hybridized carbons (Fsp3) is 0.304. The maximum Gasteiger partial charge on any atom is 0.337 e. The van der Waals surface area contributed by atoms with E-state index in [2.05, 4.69) is 21.2 Å². The summed E-state index contributed by atoms with van der Waals surface area (Å²) in [7, 11) is 1.73. The molecule has 31 heavy (non-hydrogen) atoms. The van der Waals surface area contributed by atoms with Crippen LogP contribution in [0.3, 0.4) is 0 Å². The van der Waals surface area contributed by atoms with E-state index in [1.807, 2.05) is 45.9 Å². The lowest BCUT2D eigenvalue weighted by atomic mass is 9.99. The Morgan fingerprint density at radius 3 is 2.52 bits per heavy atom. The number of rotatable bonds is 4. The number of benzene rings is 1. The summed E-state index contributed by atoms with van der Waals surface area (Å²) in [5.41, 5.74) is 8.85. The van der Waals surface area contributed by atoms with Crippen molar-refractivity contribution >= 4 is 28.5 Å². The highest BCUT2D eigenvalue weighted by Crippen LogP contribution is 2.26. The topological polar surface area (TPSA) is 105 Å². The molecule has 3 amide bonds. The Hall–Kier alpha value is -3.68. The van der Waals surface area contributed by atoms with Crippen LogP contribution in [0.2, 0.25) is 0 Å².